The van der Waals surface area contributed by atoms with Gasteiger partial charge in [-0.2, -0.15) is 5.26 Å². The zero-order chi connectivity index (χ0) is 13.8. The normalized spacial score (nSPS) is 18.2. The second kappa shape index (κ2) is 5.72. The van der Waals surface area contributed by atoms with Crippen LogP contribution in [0, 0.1) is 17.2 Å². The molecule has 0 amide bonds. The minimum absolute atomic E-state index is 0.182. The van der Waals surface area contributed by atoms with Gasteiger partial charge in [-0.25, -0.2) is 4.79 Å². The van der Waals surface area contributed by atoms with Crippen molar-refractivity contribution >= 4 is 11.7 Å². The molecule has 1 aliphatic heterocycles. The number of hydrogen-bond donors (Lipinski definition) is 1. The number of ether oxygens (including phenoxy) is 1. The molecule has 1 aromatic rings. The monoisotopic (exact) mass is 260 g/mol. The number of anilines is 1. The SMILES string of the molecule is COC(=O)c1ccc(N2CC[C@H](CO)C2)cc1C#N. The molecule has 100 valence electrons. The summed E-state index contributed by atoms with van der Waals surface area (Å²) in [7, 11) is 1.30. The summed E-state index contributed by atoms with van der Waals surface area (Å²) in [6, 6.07) is 7.15. The first-order chi connectivity index (χ1) is 9.19. The maximum absolute atomic E-state index is 11.5. The lowest BCUT2D eigenvalue weighted by molar-refractivity contribution is 0.0600. The number of nitrogens with zero attached hydrogens (tertiary/aromatic N) is 2. The van der Waals surface area contributed by atoms with Crippen LogP contribution >= 0.6 is 0 Å². The van der Waals surface area contributed by atoms with Crippen LogP contribution in [0.3, 0.4) is 0 Å². The number of carbonyl (C=O) groups excluding carboxylic acids is 1. The quantitative estimate of drug-likeness (QED) is 0.826. The third-order valence-electron chi connectivity index (χ3n) is 3.44. The van der Waals surface area contributed by atoms with E-state index in [0.29, 0.717) is 5.56 Å². The fourth-order valence-electron chi connectivity index (χ4n) is 2.33. The number of rotatable bonds is 3. The molecule has 1 aromatic carbocycles. The first-order valence-corrected chi connectivity index (χ1v) is 6.18. The molecule has 0 spiro atoms. The van der Waals surface area contributed by atoms with Crippen molar-refractivity contribution in [3.05, 3.63) is 29.3 Å². The molecule has 1 fully saturated rings. The molecule has 0 radical (unpaired) electrons. The molecule has 2 rings (SSSR count). The van der Waals surface area contributed by atoms with Crippen molar-refractivity contribution in [3.63, 3.8) is 0 Å². The number of hydrogen-bond acceptors (Lipinski definition) is 5. The van der Waals surface area contributed by atoms with Gasteiger partial charge in [0.25, 0.3) is 0 Å². The van der Waals surface area contributed by atoms with Crippen LogP contribution in [-0.4, -0.2) is 37.9 Å². The topological polar surface area (TPSA) is 73.6 Å². The van der Waals surface area contributed by atoms with Gasteiger partial charge in [-0.05, 0) is 24.6 Å². The molecule has 5 nitrogen and oxygen atoms in total. The average molecular weight is 260 g/mol. The minimum atomic E-state index is -0.502. The van der Waals surface area contributed by atoms with Crippen molar-refractivity contribution < 1.29 is 14.6 Å². The van der Waals surface area contributed by atoms with Gasteiger partial charge >= 0.3 is 5.97 Å². The molecule has 1 saturated heterocycles. The van der Waals surface area contributed by atoms with Crippen LogP contribution in [0.5, 0.6) is 0 Å². The fourth-order valence-corrected chi connectivity index (χ4v) is 2.33. The van der Waals surface area contributed by atoms with E-state index < -0.39 is 5.97 Å². The van der Waals surface area contributed by atoms with Crippen molar-refractivity contribution in [2.24, 2.45) is 5.92 Å². The van der Waals surface area contributed by atoms with E-state index >= 15 is 0 Å². The second-order valence-electron chi connectivity index (χ2n) is 4.62. The summed E-state index contributed by atoms with van der Waals surface area (Å²) in [5.74, 6) is -0.219. The highest BCUT2D eigenvalue weighted by atomic mass is 16.5. The summed E-state index contributed by atoms with van der Waals surface area (Å²) in [6.07, 6.45) is 0.942. The average Bonchev–Trinajstić information content (AvgIpc) is 2.94. The van der Waals surface area contributed by atoms with Crippen LogP contribution in [0.15, 0.2) is 18.2 Å². The second-order valence-corrected chi connectivity index (χ2v) is 4.62. The van der Waals surface area contributed by atoms with Gasteiger partial charge in [-0.1, -0.05) is 0 Å². The van der Waals surface area contributed by atoms with Crippen LogP contribution < -0.4 is 4.90 Å². The van der Waals surface area contributed by atoms with E-state index in [9.17, 15) is 4.79 Å². The highest BCUT2D eigenvalue weighted by molar-refractivity contribution is 5.92. The Hall–Kier alpha value is -2.06. The molecular formula is C14H16N2O3. The number of carbonyl (C=O) groups is 1. The molecule has 19 heavy (non-hydrogen) atoms. The number of methoxy groups -OCH3 is 1. The van der Waals surface area contributed by atoms with Gasteiger partial charge in [0, 0.05) is 31.3 Å². The number of esters is 1. The zero-order valence-corrected chi connectivity index (χ0v) is 10.8. The lowest BCUT2D eigenvalue weighted by Gasteiger charge is -2.19. The van der Waals surface area contributed by atoms with Gasteiger partial charge in [0.2, 0.25) is 0 Å². The van der Waals surface area contributed by atoms with Crippen molar-refractivity contribution in [1.82, 2.24) is 0 Å². The molecule has 0 unspecified atom stereocenters. The van der Waals surface area contributed by atoms with E-state index in [-0.39, 0.29) is 18.1 Å². The zero-order valence-electron chi connectivity index (χ0n) is 10.8. The number of aliphatic hydroxyl groups excluding tert-OH is 1. The summed E-state index contributed by atoms with van der Waals surface area (Å²) >= 11 is 0. The standard InChI is InChI=1S/C14H16N2O3/c1-19-14(18)13-3-2-12(6-11(13)7-15)16-5-4-10(8-16)9-17/h2-3,6,10,17H,4-5,8-9H2,1H3/t10-/m0/s1. The van der Waals surface area contributed by atoms with E-state index in [0.717, 1.165) is 25.2 Å². The third kappa shape index (κ3) is 2.69. The van der Waals surface area contributed by atoms with Gasteiger partial charge in [0.05, 0.1) is 18.2 Å². The number of aliphatic hydroxyl groups is 1. The summed E-state index contributed by atoms with van der Waals surface area (Å²) in [5.41, 5.74) is 1.50. The van der Waals surface area contributed by atoms with E-state index in [1.165, 1.54) is 7.11 Å². The molecule has 0 bridgehead atoms. The summed E-state index contributed by atoms with van der Waals surface area (Å²) in [5, 5.41) is 18.3. The molecule has 1 aliphatic rings. The molecule has 0 aliphatic carbocycles. The Balaban J connectivity index is 2.25. The molecule has 5 heteroatoms. The van der Waals surface area contributed by atoms with Crippen molar-refractivity contribution in [3.8, 4) is 6.07 Å². The van der Waals surface area contributed by atoms with E-state index in [1.54, 1.807) is 12.1 Å². The minimum Gasteiger partial charge on any atom is -0.465 e. The highest BCUT2D eigenvalue weighted by Crippen LogP contribution is 2.25. The van der Waals surface area contributed by atoms with E-state index in [2.05, 4.69) is 9.64 Å². The maximum atomic E-state index is 11.5. The van der Waals surface area contributed by atoms with Crippen molar-refractivity contribution in [2.45, 2.75) is 6.42 Å². The third-order valence-corrected chi connectivity index (χ3v) is 3.44. The van der Waals surface area contributed by atoms with Crippen LogP contribution in [0.4, 0.5) is 5.69 Å². The predicted octanol–water partition coefficient (Wildman–Crippen LogP) is 1.16. The molecule has 0 saturated carbocycles. The molecule has 1 heterocycles. The Morgan fingerprint density at radius 2 is 2.42 bits per heavy atom. The number of benzene rings is 1. The Labute approximate surface area is 112 Å². The Morgan fingerprint density at radius 1 is 1.63 bits per heavy atom. The van der Waals surface area contributed by atoms with Gasteiger partial charge in [-0.3, -0.25) is 0 Å². The van der Waals surface area contributed by atoms with Gasteiger partial charge < -0.3 is 14.7 Å². The first-order valence-electron chi connectivity index (χ1n) is 6.18. The molecule has 1 atom stereocenters. The van der Waals surface area contributed by atoms with Crippen molar-refractivity contribution in [1.29, 1.82) is 5.26 Å². The van der Waals surface area contributed by atoms with Gasteiger partial charge in [-0.15, -0.1) is 0 Å². The van der Waals surface area contributed by atoms with Gasteiger partial charge in [0.1, 0.15) is 6.07 Å². The summed E-state index contributed by atoms with van der Waals surface area (Å²) < 4.78 is 4.64. The van der Waals surface area contributed by atoms with Crippen LogP contribution in [-0.2, 0) is 4.74 Å². The Kier molecular flexibility index (Phi) is 4.03. The molecular weight excluding hydrogens is 244 g/mol. The largest absolute Gasteiger partial charge is 0.465 e. The first kappa shape index (κ1) is 13.4. The summed E-state index contributed by atoms with van der Waals surface area (Å²) in [4.78, 5) is 13.6. The fraction of sp³-hybridized carbons (Fsp3) is 0.429. The molecule has 1 N–H and O–H groups in total. The smallest absolute Gasteiger partial charge is 0.339 e. The van der Waals surface area contributed by atoms with E-state index in [4.69, 9.17) is 10.4 Å². The Bertz CT molecular complexity index is 522. The van der Waals surface area contributed by atoms with Crippen molar-refractivity contribution in [2.75, 3.05) is 31.7 Å². The maximum Gasteiger partial charge on any atom is 0.339 e. The van der Waals surface area contributed by atoms with Crippen LogP contribution in [0.2, 0.25) is 0 Å². The lowest BCUT2D eigenvalue weighted by Crippen LogP contribution is -2.21. The number of nitriles is 1. The predicted molar refractivity (Wildman–Crippen MR) is 69.9 cm³/mol. The lowest BCUT2D eigenvalue weighted by atomic mass is 10.1. The van der Waals surface area contributed by atoms with Crippen LogP contribution in [0.25, 0.3) is 0 Å². The Morgan fingerprint density at radius 3 is 3.00 bits per heavy atom. The van der Waals surface area contributed by atoms with Crippen LogP contribution in [0.1, 0.15) is 22.3 Å². The molecule has 0 aromatic heterocycles. The van der Waals surface area contributed by atoms with E-state index in [1.807, 2.05) is 12.1 Å². The summed E-state index contributed by atoms with van der Waals surface area (Å²) in [6.45, 7) is 1.81. The van der Waals surface area contributed by atoms with Gasteiger partial charge in [0.15, 0.2) is 0 Å². The highest BCUT2D eigenvalue weighted by Gasteiger charge is 2.23.